The molecule has 0 bridgehead atoms. The highest BCUT2D eigenvalue weighted by Gasteiger charge is 2.04. The number of nitrogens with one attached hydrogen (secondary N) is 2. The highest BCUT2D eigenvalue weighted by molar-refractivity contribution is 5.79. The van der Waals surface area contributed by atoms with Crippen LogP contribution in [0.15, 0.2) is 47.5 Å². The van der Waals surface area contributed by atoms with Crippen molar-refractivity contribution in [1.29, 1.82) is 0 Å². The van der Waals surface area contributed by atoms with Crippen molar-refractivity contribution >= 4 is 5.96 Å². The van der Waals surface area contributed by atoms with Crippen LogP contribution in [0.1, 0.15) is 18.1 Å². The van der Waals surface area contributed by atoms with E-state index >= 15 is 0 Å². The first-order valence-electron chi connectivity index (χ1n) is 8.67. The Morgan fingerprint density at radius 3 is 2.35 bits per heavy atom. The van der Waals surface area contributed by atoms with Crippen LogP contribution in [0.3, 0.4) is 0 Å². The fraction of sp³-hybridized carbons (Fsp3) is 0.350. The first-order chi connectivity index (χ1) is 12.7. The standard InChI is InChI=1S/C20H27N3O3/c1-4-21-20(22-12-11-15-5-7-17(25-2)8-6-15)23-14-16-13-18(26-3)9-10-19(16)24/h5-10,13,24H,4,11-12,14H2,1-3H3,(H2,21,22,23). The number of aromatic hydroxyl groups is 1. The summed E-state index contributed by atoms with van der Waals surface area (Å²) in [6.45, 7) is 3.89. The van der Waals surface area contributed by atoms with Gasteiger partial charge in [-0.3, -0.25) is 0 Å². The van der Waals surface area contributed by atoms with E-state index in [1.54, 1.807) is 32.4 Å². The summed E-state index contributed by atoms with van der Waals surface area (Å²) in [4.78, 5) is 4.54. The quantitative estimate of drug-likeness (QED) is 0.500. The first kappa shape index (κ1) is 19.4. The average molecular weight is 357 g/mol. The van der Waals surface area contributed by atoms with E-state index < -0.39 is 0 Å². The number of aliphatic imine (C=N–C) groups is 1. The van der Waals surface area contributed by atoms with Gasteiger partial charge in [-0.25, -0.2) is 4.99 Å². The Morgan fingerprint density at radius 2 is 1.69 bits per heavy atom. The molecule has 0 amide bonds. The number of methoxy groups -OCH3 is 2. The van der Waals surface area contributed by atoms with E-state index in [-0.39, 0.29) is 5.75 Å². The van der Waals surface area contributed by atoms with Crippen molar-refractivity contribution in [2.75, 3.05) is 27.3 Å². The summed E-state index contributed by atoms with van der Waals surface area (Å²) in [6.07, 6.45) is 0.874. The van der Waals surface area contributed by atoms with Crippen molar-refractivity contribution in [2.24, 2.45) is 4.99 Å². The number of hydrogen-bond donors (Lipinski definition) is 3. The van der Waals surface area contributed by atoms with E-state index in [1.165, 1.54) is 5.56 Å². The Morgan fingerprint density at radius 1 is 1.00 bits per heavy atom. The molecule has 2 rings (SSSR count). The lowest BCUT2D eigenvalue weighted by atomic mass is 10.1. The minimum atomic E-state index is 0.212. The van der Waals surface area contributed by atoms with Gasteiger partial charge < -0.3 is 25.2 Å². The number of phenols is 1. The normalized spacial score (nSPS) is 11.1. The third-order valence-corrected chi connectivity index (χ3v) is 3.90. The third kappa shape index (κ3) is 5.88. The molecule has 6 nitrogen and oxygen atoms in total. The predicted octanol–water partition coefficient (Wildman–Crippen LogP) is 2.71. The fourth-order valence-corrected chi connectivity index (χ4v) is 2.44. The number of nitrogens with zero attached hydrogens (tertiary/aromatic N) is 1. The summed E-state index contributed by atoms with van der Waals surface area (Å²) >= 11 is 0. The summed E-state index contributed by atoms with van der Waals surface area (Å²) in [5.74, 6) is 2.48. The van der Waals surface area contributed by atoms with Crippen molar-refractivity contribution < 1.29 is 14.6 Å². The van der Waals surface area contributed by atoms with Crippen LogP contribution in [-0.4, -0.2) is 38.4 Å². The Balaban J connectivity index is 1.93. The van der Waals surface area contributed by atoms with Crippen LogP contribution in [0, 0.1) is 0 Å². The maximum atomic E-state index is 9.96. The Bertz CT molecular complexity index is 715. The van der Waals surface area contributed by atoms with Crippen molar-refractivity contribution in [2.45, 2.75) is 19.9 Å². The summed E-state index contributed by atoms with van der Waals surface area (Å²) in [5, 5.41) is 16.5. The van der Waals surface area contributed by atoms with Crippen LogP contribution in [0.5, 0.6) is 17.2 Å². The van der Waals surface area contributed by atoms with Crippen LogP contribution in [0.4, 0.5) is 0 Å². The molecule has 0 atom stereocenters. The topological polar surface area (TPSA) is 75.1 Å². The SMILES string of the molecule is CCNC(=NCc1cc(OC)ccc1O)NCCc1ccc(OC)cc1. The zero-order chi connectivity index (χ0) is 18.8. The highest BCUT2D eigenvalue weighted by atomic mass is 16.5. The molecule has 0 heterocycles. The van der Waals surface area contributed by atoms with Crippen molar-refractivity contribution in [3.8, 4) is 17.2 Å². The van der Waals surface area contributed by atoms with Gasteiger partial charge in [0.2, 0.25) is 0 Å². The van der Waals surface area contributed by atoms with Crippen LogP contribution < -0.4 is 20.1 Å². The average Bonchev–Trinajstić information content (AvgIpc) is 2.67. The summed E-state index contributed by atoms with van der Waals surface area (Å²) in [7, 11) is 3.26. The van der Waals surface area contributed by atoms with E-state index in [0.29, 0.717) is 18.3 Å². The first-order valence-corrected chi connectivity index (χ1v) is 8.67. The second-order valence-corrected chi connectivity index (χ2v) is 5.71. The minimum absolute atomic E-state index is 0.212. The summed E-state index contributed by atoms with van der Waals surface area (Å²) < 4.78 is 10.4. The largest absolute Gasteiger partial charge is 0.508 e. The van der Waals surface area contributed by atoms with Gasteiger partial charge in [0.15, 0.2) is 5.96 Å². The van der Waals surface area contributed by atoms with Gasteiger partial charge in [0.05, 0.1) is 20.8 Å². The minimum Gasteiger partial charge on any atom is -0.508 e. The van der Waals surface area contributed by atoms with E-state index in [0.717, 1.165) is 30.8 Å². The smallest absolute Gasteiger partial charge is 0.191 e. The molecule has 0 unspecified atom stereocenters. The molecular weight excluding hydrogens is 330 g/mol. The highest BCUT2D eigenvalue weighted by Crippen LogP contribution is 2.23. The molecule has 3 N–H and O–H groups in total. The molecule has 0 spiro atoms. The number of hydrogen-bond acceptors (Lipinski definition) is 4. The lowest BCUT2D eigenvalue weighted by molar-refractivity contribution is 0.411. The monoisotopic (exact) mass is 357 g/mol. The molecule has 26 heavy (non-hydrogen) atoms. The molecule has 0 radical (unpaired) electrons. The number of benzene rings is 2. The van der Waals surface area contributed by atoms with Crippen LogP contribution >= 0.6 is 0 Å². The summed E-state index contributed by atoms with van der Waals surface area (Å²) in [5.41, 5.74) is 1.94. The molecule has 6 heteroatoms. The molecule has 2 aromatic carbocycles. The van der Waals surface area contributed by atoms with E-state index in [9.17, 15) is 5.11 Å². The lowest BCUT2D eigenvalue weighted by Gasteiger charge is -2.12. The molecule has 0 aliphatic rings. The number of guanidine groups is 1. The zero-order valence-corrected chi connectivity index (χ0v) is 15.6. The van der Waals surface area contributed by atoms with Gasteiger partial charge in [0.1, 0.15) is 17.2 Å². The molecule has 0 aliphatic carbocycles. The number of phenolic OH excluding ortho intramolecular Hbond substituents is 1. The molecular formula is C20H27N3O3. The van der Waals surface area contributed by atoms with E-state index in [2.05, 4.69) is 27.8 Å². The Kier molecular flexibility index (Phi) is 7.61. The third-order valence-electron chi connectivity index (χ3n) is 3.90. The van der Waals surface area contributed by atoms with Gasteiger partial charge in [0, 0.05) is 18.7 Å². The van der Waals surface area contributed by atoms with Gasteiger partial charge >= 0.3 is 0 Å². The lowest BCUT2D eigenvalue weighted by Crippen LogP contribution is -2.38. The van der Waals surface area contributed by atoms with E-state index in [1.807, 2.05) is 19.1 Å². The Hall–Kier alpha value is -2.89. The second kappa shape index (κ2) is 10.2. The van der Waals surface area contributed by atoms with Crippen molar-refractivity contribution in [1.82, 2.24) is 10.6 Å². The van der Waals surface area contributed by atoms with Gasteiger partial charge in [0.25, 0.3) is 0 Å². The van der Waals surface area contributed by atoms with E-state index in [4.69, 9.17) is 9.47 Å². The maximum absolute atomic E-state index is 9.96. The Labute approximate surface area is 154 Å². The van der Waals surface area contributed by atoms with Crippen LogP contribution in [-0.2, 0) is 13.0 Å². The molecule has 0 aliphatic heterocycles. The van der Waals surface area contributed by atoms with Crippen LogP contribution in [0.2, 0.25) is 0 Å². The molecule has 0 aromatic heterocycles. The molecule has 0 fully saturated rings. The van der Waals surface area contributed by atoms with Crippen molar-refractivity contribution in [3.05, 3.63) is 53.6 Å². The maximum Gasteiger partial charge on any atom is 0.191 e. The van der Waals surface area contributed by atoms with Crippen molar-refractivity contribution in [3.63, 3.8) is 0 Å². The molecule has 140 valence electrons. The zero-order valence-electron chi connectivity index (χ0n) is 15.6. The van der Waals surface area contributed by atoms with Gasteiger partial charge in [-0.2, -0.15) is 0 Å². The molecule has 0 saturated carbocycles. The fourth-order valence-electron chi connectivity index (χ4n) is 2.44. The summed E-state index contributed by atoms with van der Waals surface area (Å²) in [6, 6.07) is 13.2. The van der Waals surface area contributed by atoms with Gasteiger partial charge in [-0.05, 0) is 49.2 Å². The number of rotatable bonds is 8. The second-order valence-electron chi connectivity index (χ2n) is 5.71. The molecule has 2 aromatic rings. The van der Waals surface area contributed by atoms with Crippen LogP contribution in [0.25, 0.3) is 0 Å². The number of ether oxygens (including phenoxy) is 2. The van der Waals surface area contributed by atoms with Gasteiger partial charge in [-0.15, -0.1) is 0 Å². The molecule has 0 saturated heterocycles. The van der Waals surface area contributed by atoms with Gasteiger partial charge in [-0.1, -0.05) is 12.1 Å². The predicted molar refractivity (Wildman–Crippen MR) is 104 cm³/mol.